The van der Waals surface area contributed by atoms with Gasteiger partial charge in [0.05, 0.1) is 0 Å². The van der Waals surface area contributed by atoms with E-state index in [0.717, 1.165) is 32.4 Å². The minimum atomic E-state index is -0.00113. The Morgan fingerprint density at radius 1 is 1.08 bits per heavy atom. The maximum Gasteiger partial charge on any atom is 0.276 e. The van der Waals surface area contributed by atoms with Gasteiger partial charge in [-0.1, -0.05) is 29.8 Å². The summed E-state index contributed by atoms with van der Waals surface area (Å²) in [6.07, 6.45) is 11.5. The van der Waals surface area contributed by atoms with Crippen molar-refractivity contribution in [1.82, 2.24) is 19.3 Å². The van der Waals surface area contributed by atoms with E-state index < -0.39 is 0 Å². The molecule has 4 rings (SSSR count). The minimum absolute atomic E-state index is 0.00113. The first-order valence-electron chi connectivity index (χ1n) is 9.33. The largest absolute Gasteiger partial charge is 0.337 e. The highest BCUT2D eigenvalue weighted by molar-refractivity contribution is 5.97. The summed E-state index contributed by atoms with van der Waals surface area (Å²) in [4.78, 5) is 23.3. The molecule has 0 bridgehead atoms. The highest BCUT2D eigenvalue weighted by Gasteiger charge is 2.26. The fourth-order valence-electron chi connectivity index (χ4n) is 3.71. The summed E-state index contributed by atoms with van der Waals surface area (Å²) in [5.74, 6) is 0.689. The number of nitrogens with zero attached hydrogens (tertiary/aromatic N) is 4. The topological polar surface area (TPSA) is 50.5 Å². The van der Waals surface area contributed by atoms with Crippen LogP contribution in [-0.4, -0.2) is 38.3 Å². The van der Waals surface area contributed by atoms with Crippen molar-refractivity contribution in [2.45, 2.75) is 32.6 Å². The number of imidazole rings is 1. The molecule has 1 saturated heterocycles. The molecular formula is C21H24N4O. The molecule has 5 heteroatoms. The highest BCUT2D eigenvalue weighted by Crippen LogP contribution is 2.24. The summed E-state index contributed by atoms with van der Waals surface area (Å²) in [5, 5.41) is 0. The molecule has 0 spiro atoms. The first-order chi connectivity index (χ1) is 12.7. The van der Waals surface area contributed by atoms with E-state index in [1.807, 2.05) is 21.7 Å². The first kappa shape index (κ1) is 16.8. The van der Waals surface area contributed by atoms with Crippen LogP contribution in [0.5, 0.6) is 0 Å². The van der Waals surface area contributed by atoms with Gasteiger partial charge in [-0.3, -0.25) is 4.79 Å². The van der Waals surface area contributed by atoms with Crippen LogP contribution in [0.25, 0.3) is 5.65 Å². The number of piperidine rings is 1. The number of hydrogen-bond donors (Lipinski definition) is 0. The van der Waals surface area contributed by atoms with Crippen LogP contribution < -0.4 is 0 Å². The van der Waals surface area contributed by atoms with E-state index in [1.54, 1.807) is 12.4 Å². The Hall–Kier alpha value is -2.69. The molecule has 26 heavy (non-hydrogen) atoms. The third kappa shape index (κ3) is 3.47. The Morgan fingerprint density at radius 2 is 1.77 bits per heavy atom. The third-order valence-corrected chi connectivity index (χ3v) is 5.38. The molecule has 5 nitrogen and oxygen atoms in total. The summed E-state index contributed by atoms with van der Waals surface area (Å²) in [5.41, 5.74) is 3.81. The van der Waals surface area contributed by atoms with Crippen molar-refractivity contribution in [2.24, 2.45) is 5.92 Å². The van der Waals surface area contributed by atoms with Crippen LogP contribution >= 0.6 is 0 Å². The van der Waals surface area contributed by atoms with Gasteiger partial charge in [0.25, 0.3) is 5.91 Å². The Bertz CT molecular complexity index is 892. The van der Waals surface area contributed by atoms with E-state index in [1.165, 1.54) is 17.5 Å². The molecule has 0 aliphatic carbocycles. The summed E-state index contributed by atoms with van der Waals surface area (Å²) >= 11 is 0. The molecule has 0 unspecified atom stereocenters. The van der Waals surface area contributed by atoms with Gasteiger partial charge in [0, 0.05) is 37.9 Å². The van der Waals surface area contributed by atoms with Gasteiger partial charge in [0.2, 0.25) is 0 Å². The molecule has 1 fully saturated rings. The van der Waals surface area contributed by atoms with Crippen LogP contribution in [0.1, 0.15) is 40.9 Å². The lowest BCUT2D eigenvalue weighted by molar-refractivity contribution is 0.0682. The van der Waals surface area contributed by atoms with E-state index in [0.29, 0.717) is 17.3 Å². The summed E-state index contributed by atoms with van der Waals surface area (Å²) in [6.45, 7) is 3.73. The second-order valence-electron chi connectivity index (χ2n) is 7.19. The summed E-state index contributed by atoms with van der Waals surface area (Å²) in [6, 6.07) is 8.81. The van der Waals surface area contributed by atoms with E-state index >= 15 is 0 Å². The smallest absolute Gasteiger partial charge is 0.276 e. The average Bonchev–Trinajstić information content (AvgIpc) is 3.16. The number of amides is 1. The van der Waals surface area contributed by atoms with Crippen molar-refractivity contribution in [3.8, 4) is 0 Å². The number of likely N-dealkylation sites (tertiary alicyclic amines) is 1. The van der Waals surface area contributed by atoms with Crippen LogP contribution in [0.15, 0.2) is 49.1 Å². The monoisotopic (exact) mass is 348 g/mol. The maximum absolute atomic E-state index is 12.8. The zero-order chi connectivity index (χ0) is 17.9. The van der Waals surface area contributed by atoms with E-state index in [2.05, 4.69) is 41.2 Å². The van der Waals surface area contributed by atoms with Crippen molar-refractivity contribution in [3.63, 3.8) is 0 Å². The molecule has 0 atom stereocenters. The number of aromatic nitrogens is 3. The lowest BCUT2D eigenvalue weighted by Crippen LogP contribution is -2.39. The van der Waals surface area contributed by atoms with Gasteiger partial charge in [-0.25, -0.2) is 9.97 Å². The number of fused-ring (bicyclic) bond motifs is 1. The second-order valence-corrected chi connectivity index (χ2v) is 7.19. The Kier molecular flexibility index (Phi) is 4.69. The zero-order valence-electron chi connectivity index (χ0n) is 15.1. The highest BCUT2D eigenvalue weighted by atomic mass is 16.2. The number of carbonyl (C=O) groups excluding carboxylic acids is 1. The molecule has 1 amide bonds. The molecule has 3 aromatic rings. The number of benzene rings is 1. The summed E-state index contributed by atoms with van der Waals surface area (Å²) < 4.78 is 1.84. The second kappa shape index (κ2) is 7.28. The summed E-state index contributed by atoms with van der Waals surface area (Å²) in [7, 11) is 0. The number of carbonyl (C=O) groups is 1. The fraction of sp³-hybridized carbons (Fsp3) is 0.381. The Labute approximate surface area is 153 Å². The molecule has 0 N–H and O–H groups in total. The average molecular weight is 348 g/mol. The number of aryl methyl sites for hydroxylation is 2. The molecule has 3 heterocycles. The van der Waals surface area contributed by atoms with Crippen LogP contribution in [0.2, 0.25) is 0 Å². The lowest BCUT2D eigenvalue weighted by atomic mass is 9.90. The van der Waals surface area contributed by atoms with Crippen LogP contribution in [0, 0.1) is 12.8 Å². The molecule has 1 aromatic carbocycles. The zero-order valence-corrected chi connectivity index (χ0v) is 15.1. The molecule has 2 aromatic heterocycles. The van der Waals surface area contributed by atoms with Crippen LogP contribution in [-0.2, 0) is 6.42 Å². The standard InChI is InChI=1S/C21H24N4O/c1-16-2-4-17(5-3-16)6-7-18-8-12-25(13-9-18)21(26)19-20-23-11-15-24(20)14-10-22-19/h2-5,10-11,14-15,18H,6-9,12-13H2,1H3. The number of rotatable bonds is 4. The molecule has 0 radical (unpaired) electrons. The predicted octanol–water partition coefficient (Wildman–Crippen LogP) is 3.52. The lowest BCUT2D eigenvalue weighted by Gasteiger charge is -2.31. The van der Waals surface area contributed by atoms with Crippen molar-refractivity contribution in [1.29, 1.82) is 0 Å². The minimum Gasteiger partial charge on any atom is -0.337 e. The Balaban J connectivity index is 1.34. The Morgan fingerprint density at radius 3 is 2.50 bits per heavy atom. The van der Waals surface area contributed by atoms with Crippen molar-refractivity contribution in [2.75, 3.05) is 13.1 Å². The van der Waals surface area contributed by atoms with Crippen molar-refractivity contribution in [3.05, 3.63) is 65.9 Å². The van der Waals surface area contributed by atoms with Crippen LogP contribution in [0.4, 0.5) is 0 Å². The molecule has 1 aliphatic rings. The van der Waals surface area contributed by atoms with Gasteiger partial charge < -0.3 is 9.30 Å². The van der Waals surface area contributed by atoms with Gasteiger partial charge in [0.1, 0.15) is 0 Å². The first-order valence-corrected chi connectivity index (χ1v) is 9.33. The molecule has 0 saturated carbocycles. The van der Waals surface area contributed by atoms with Gasteiger partial charge in [-0.05, 0) is 44.1 Å². The van der Waals surface area contributed by atoms with E-state index in [-0.39, 0.29) is 5.91 Å². The number of hydrogen-bond acceptors (Lipinski definition) is 3. The molecule has 1 aliphatic heterocycles. The maximum atomic E-state index is 12.8. The molecule has 134 valence electrons. The van der Waals surface area contributed by atoms with Crippen molar-refractivity contribution >= 4 is 11.6 Å². The van der Waals surface area contributed by atoms with Gasteiger partial charge in [-0.2, -0.15) is 0 Å². The van der Waals surface area contributed by atoms with E-state index in [9.17, 15) is 4.79 Å². The normalized spacial score (nSPS) is 15.5. The van der Waals surface area contributed by atoms with Gasteiger partial charge >= 0.3 is 0 Å². The molecular weight excluding hydrogens is 324 g/mol. The third-order valence-electron chi connectivity index (χ3n) is 5.38. The van der Waals surface area contributed by atoms with Crippen LogP contribution in [0.3, 0.4) is 0 Å². The van der Waals surface area contributed by atoms with Gasteiger partial charge in [-0.15, -0.1) is 0 Å². The van der Waals surface area contributed by atoms with E-state index in [4.69, 9.17) is 0 Å². The fourth-order valence-corrected chi connectivity index (χ4v) is 3.71. The van der Waals surface area contributed by atoms with Gasteiger partial charge in [0.15, 0.2) is 11.3 Å². The SMILES string of the molecule is Cc1ccc(CCC2CCN(C(=O)c3nccn4ccnc34)CC2)cc1. The predicted molar refractivity (Wildman–Crippen MR) is 101 cm³/mol. The quantitative estimate of drug-likeness (QED) is 0.725. The van der Waals surface area contributed by atoms with Crippen molar-refractivity contribution < 1.29 is 4.79 Å².